The molecule has 0 spiro atoms. The molecule has 0 aromatic carbocycles. The summed E-state index contributed by atoms with van der Waals surface area (Å²) in [5.74, 6) is 1.44. The first-order valence-corrected chi connectivity index (χ1v) is 5.58. The second-order valence-corrected chi connectivity index (χ2v) is 4.46. The number of amidine groups is 2. The van der Waals surface area contributed by atoms with Crippen LogP contribution >= 0.6 is 40.5 Å². The number of nitrogens with two attached hydrogens (primary N) is 2. The summed E-state index contributed by atoms with van der Waals surface area (Å²) in [7, 11) is 0. The van der Waals surface area contributed by atoms with E-state index in [0.717, 1.165) is 11.3 Å². The van der Waals surface area contributed by atoms with Crippen molar-refractivity contribution in [3.63, 3.8) is 0 Å². The SMILES string of the molecule is Br.C/C(=C/CSC(=N)N)CSC(=N)N. The van der Waals surface area contributed by atoms with Gasteiger partial charge in [0.1, 0.15) is 0 Å². The van der Waals surface area contributed by atoms with Crippen molar-refractivity contribution in [2.75, 3.05) is 11.5 Å². The third-order valence-corrected chi connectivity index (χ3v) is 2.68. The van der Waals surface area contributed by atoms with E-state index < -0.39 is 0 Å². The molecule has 82 valence electrons. The Kier molecular flexibility index (Phi) is 11.0. The van der Waals surface area contributed by atoms with E-state index in [1.807, 2.05) is 13.0 Å². The van der Waals surface area contributed by atoms with Gasteiger partial charge in [-0.3, -0.25) is 10.8 Å². The standard InChI is InChI=1S/C7H14N4S2.BrH/c1-5(4-13-7(10)11)2-3-12-6(8)9;/h2H,3-4H2,1H3,(H3,8,9)(H3,10,11);1H/b5-2-;. The van der Waals surface area contributed by atoms with Crippen LogP contribution in [0.2, 0.25) is 0 Å². The fraction of sp³-hybridized carbons (Fsp3) is 0.429. The number of thioether (sulfide) groups is 2. The molecule has 0 aliphatic heterocycles. The molecule has 0 saturated heterocycles. The van der Waals surface area contributed by atoms with Crippen molar-refractivity contribution < 1.29 is 0 Å². The third kappa shape index (κ3) is 11.9. The van der Waals surface area contributed by atoms with Gasteiger partial charge in [0.05, 0.1) is 0 Å². The minimum Gasteiger partial charge on any atom is -0.379 e. The Morgan fingerprint density at radius 1 is 1.21 bits per heavy atom. The Balaban J connectivity index is 0. The summed E-state index contributed by atoms with van der Waals surface area (Å²) in [6.07, 6.45) is 1.99. The van der Waals surface area contributed by atoms with Crippen molar-refractivity contribution in [1.29, 1.82) is 10.8 Å². The van der Waals surface area contributed by atoms with Crippen molar-refractivity contribution in [2.24, 2.45) is 11.5 Å². The molecule has 7 heteroatoms. The van der Waals surface area contributed by atoms with Gasteiger partial charge in [-0.15, -0.1) is 17.0 Å². The molecular formula is C7H15BrN4S2. The number of rotatable bonds is 4. The van der Waals surface area contributed by atoms with E-state index in [1.165, 1.54) is 23.5 Å². The monoisotopic (exact) mass is 298 g/mol. The quantitative estimate of drug-likeness (QED) is 0.361. The highest BCUT2D eigenvalue weighted by Crippen LogP contribution is 2.08. The predicted octanol–water partition coefficient (Wildman–Crippen LogP) is 1.76. The van der Waals surface area contributed by atoms with Gasteiger partial charge in [-0.25, -0.2) is 0 Å². The van der Waals surface area contributed by atoms with E-state index >= 15 is 0 Å². The average molecular weight is 299 g/mol. The van der Waals surface area contributed by atoms with Crippen LogP contribution in [0.5, 0.6) is 0 Å². The van der Waals surface area contributed by atoms with E-state index in [1.54, 1.807) is 0 Å². The Morgan fingerprint density at radius 3 is 2.14 bits per heavy atom. The molecule has 0 amide bonds. The molecule has 0 fully saturated rings. The number of nitrogens with one attached hydrogen (secondary N) is 2. The van der Waals surface area contributed by atoms with Gasteiger partial charge in [-0.05, 0) is 6.92 Å². The average Bonchev–Trinajstić information content (AvgIpc) is 2.00. The van der Waals surface area contributed by atoms with Gasteiger partial charge in [-0.2, -0.15) is 0 Å². The third-order valence-electron chi connectivity index (χ3n) is 1.13. The summed E-state index contributed by atoms with van der Waals surface area (Å²) in [4.78, 5) is 0. The summed E-state index contributed by atoms with van der Waals surface area (Å²) in [5, 5.41) is 14.2. The maximum absolute atomic E-state index is 6.99. The van der Waals surface area contributed by atoms with E-state index in [4.69, 9.17) is 22.3 Å². The van der Waals surface area contributed by atoms with Gasteiger partial charge in [0.25, 0.3) is 0 Å². The van der Waals surface area contributed by atoms with Gasteiger partial charge >= 0.3 is 0 Å². The lowest BCUT2D eigenvalue weighted by atomic mass is 10.3. The first-order valence-electron chi connectivity index (χ1n) is 3.61. The Bertz CT molecular complexity index is 230. The molecule has 6 N–H and O–H groups in total. The summed E-state index contributed by atoms with van der Waals surface area (Å²) < 4.78 is 0. The summed E-state index contributed by atoms with van der Waals surface area (Å²) >= 11 is 2.58. The Labute approximate surface area is 103 Å². The molecule has 0 aromatic rings. The van der Waals surface area contributed by atoms with Crippen LogP contribution < -0.4 is 11.5 Å². The smallest absolute Gasteiger partial charge is 0.151 e. The fourth-order valence-corrected chi connectivity index (χ4v) is 1.57. The van der Waals surface area contributed by atoms with Crippen LogP contribution in [0.25, 0.3) is 0 Å². The van der Waals surface area contributed by atoms with Crippen molar-refractivity contribution in [2.45, 2.75) is 6.92 Å². The second-order valence-electron chi connectivity index (χ2n) is 2.38. The second kappa shape index (κ2) is 9.42. The molecule has 14 heavy (non-hydrogen) atoms. The van der Waals surface area contributed by atoms with Crippen LogP contribution in [0, 0.1) is 10.8 Å². The highest BCUT2D eigenvalue weighted by molar-refractivity contribution is 8.93. The molecule has 0 atom stereocenters. The van der Waals surface area contributed by atoms with Gasteiger partial charge in [0.2, 0.25) is 0 Å². The predicted molar refractivity (Wildman–Crippen MR) is 72.8 cm³/mol. The molecule has 0 radical (unpaired) electrons. The molecular weight excluding hydrogens is 284 g/mol. The molecule has 0 aliphatic carbocycles. The first-order chi connectivity index (χ1) is 6.02. The molecule has 0 saturated carbocycles. The normalized spacial score (nSPS) is 10.5. The topological polar surface area (TPSA) is 99.7 Å². The summed E-state index contributed by atoms with van der Waals surface area (Å²) in [6, 6.07) is 0. The maximum Gasteiger partial charge on any atom is 0.151 e. The molecule has 0 unspecified atom stereocenters. The van der Waals surface area contributed by atoms with Gasteiger partial charge in [0.15, 0.2) is 10.3 Å². The van der Waals surface area contributed by atoms with Gasteiger partial charge in [0, 0.05) is 11.5 Å². The highest BCUT2D eigenvalue weighted by Gasteiger charge is 1.93. The number of hydrogen-bond acceptors (Lipinski definition) is 4. The zero-order valence-corrected chi connectivity index (χ0v) is 11.2. The van der Waals surface area contributed by atoms with E-state index in [2.05, 4.69) is 0 Å². The Morgan fingerprint density at radius 2 is 1.71 bits per heavy atom. The van der Waals surface area contributed by atoms with Gasteiger partial charge < -0.3 is 11.5 Å². The zero-order valence-electron chi connectivity index (χ0n) is 7.87. The van der Waals surface area contributed by atoms with Gasteiger partial charge in [-0.1, -0.05) is 35.2 Å². The number of hydrogen-bond donors (Lipinski definition) is 4. The lowest BCUT2D eigenvalue weighted by molar-refractivity contribution is 1.38. The lowest BCUT2D eigenvalue weighted by Gasteiger charge is -1.99. The van der Waals surface area contributed by atoms with Crippen LogP contribution in [0.4, 0.5) is 0 Å². The van der Waals surface area contributed by atoms with E-state index in [-0.39, 0.29) is 27.3 Å². The molecule has 0 rings (SSSR count). The molecule has 0 aromatic heterocycles. The summed E-state index contributed by atoms with van der Waals surface area (Å²) in [5.41, 5.74) is 11.5. The summed E-state index contributed by atoms with van der Waals surface area (Å²) in [6.45, 7) is 1.97. The van der Waals surface area contributed by atoms with Crippen LogP contribution in [0.1, 0.15) is 6.92 Å². The molecule has 0 bridgehead atoms. The lowest BCUT2D eigenvalue weighted by Crippen LogP contribution is -2.05. The Hall–Kier alpha value is -0.140. The zero-order chi connectivity index (χ0) is 10.3. The minimum absolute atomic E-state index is 0. The fourth-order valence-electron chi connectivity index (χ4n) is 0.524. The first kappa shape index (κ1) is 16.3. The van der Waals surface area contributed by atoms with Crippen molar-refractivity contribution >= 4 is 50.8 Å². The van der Waals surface area contributed by atoms with E-state index in [0.29, 0.717) is 5.75 Å². The molecule has 0 heterocycles. The number of halogens is 1. The van der Waals surface area contributed by atoms with Crippen LogP contribution in [-0.4, -0.2) is 21.8 Å². The molecule has 4 nitrogen and oxygen atoms in total. The minimum atomic E-state index is 0. The van der Waals surface area contributed by atoms with E-state index in [9.17, 15) is 0 Å². The van der Waals surface area contributed by atoms with Crippen LogP contribution in [0.3, 0.4) is 0 Å². The van der Waals surface area contributed by atoms with Crippen molar-refractivity contribution in [1.82, 2.24) is 0 Å². The highest BCUT2D eigenvalue weighted by atomic mass is 79.9. The van der Waals surface area contributed by atoms with Crippen molar-refractivity contribution in [3.05, 3.63) is 11.6 Å². The van der Waals surface area contributed by atoms with Crippen LogP contribution in [0.15, 0.2) is 11.6 Å². The van der Waals surface area contributed by atoms with Crippen LogP contribution in [-0.2, 0) is 0 Å². The molecule has 0 aliphatic rings. The largest absolute Gasteiger partial charge is 0.379 e. The maximum atomic E-state index is 6.99. The van der Waals surface area contributed by atoms with Crippen molar-refractivity contribution in [3.8, 4) is 0 Å².